The van der Waals surface area contributed by atoms with E-state index in [4.69, 9.17) is 0 Å². The average molecular weight is 825 g/mol. The van der Waals surface area contributed by atoms with Gasteiger partial charge in [-0.25, -0.2) is 0 Å². The Bertz CT molecular complexity index is 1180. The van der Waals surface area contributed by atoms with E-state index < -0.39 is 43.5 Å². The first-order valence-corrected chi connectivity index (χ1v) is 26.7. The lowest BCUT2D eigenvalue weighted by molar-refractivity contribution is -0.0504. The third kappa shape index (κ3) is 26.2. The predicted octanol–water partition coefficient (Wildman–Crippen LogP) is 14.0. The Morgan fingerprint density at radius 2 is 0.887 bits per heavy atom. The van der Waals surface area contributed by atoms with Crippen molar-refractivity contribution >= 4 is 42.7 Å². The van der Waals surface area contributed by atoms with Crippen LogP contribution in [0, 0.1) is 0 Å². The molecule has 0 bridgehead atoms. The van der Waals surface area contributed by atoms with Gasteiger partial charge in [-0.15, -0.1) is 0 Å². The predicted molar refractivity (Wildman–Crippen MR) is 239 cm³/mol. The minimum atomic E-state index is -5.50. The molecule has 0 atom stereocenters. The molecule has 1 rings (SSSR count). The van der Waals surface area contributed by atoms with Crippen LogP contribution in [0.2, 0.25) is 30.2 Å². The van der Waals surface area contributed by atoms with Crippen molar-refractivity contribution in [1.29, 1.82) is 0 Å². The quantitative estimate of drug-likeness (QED) is 0.107. The molecule has 0 amide bonds. The molecule has 53 heavy (non-hydrogen) atoms. The molecule has 3 nitrogen and oxygen atoms in total. The van der Waals surface area contributed by atoms with Gasteiger partial charge in [0.2, 0.25) is 9.04 Å². The molecule has 0 aliphatic heterocycles. The van der Waals surface area contributed by atoms with Crippen LogP contribution in [-0.2, 0) is 20.4 Å². The standard InChI is InChI=1S/C26H48Si.C9H19F3O3SSi.C8H20Si/c1-8-9-10-11-12-13-14-15-16-17-18-23-19-21-24(22-20-23)27(25(2,3)4)26(5,6)7;1-7(2,3)17(8(4,5)6)15-16(13,14)9(10,11)12;1-7(2,3)9-8(4,5)6/h19-22,27H,8-18H2,1-7H3;17H,1-6H3;9H2,1-6H3. The van der Waals surface area contributed by atoms with Crippen LogP contribution in [0.1, 0.15) is 201 Å². The smallest absolute Gasteiger partial charge is 0.311 e. The third-order valence-electron chi connectivity index (χ3n) is 9.00. The van der Waals surface area contributed by atoms with Crippen LogP contribution < -0.4 is 5.19 Å². The highest BCUT2D eigenvalue weighted by Crippen LogP contribution is 2.45. The zero-order chi connectivity index (χ0) is 42.3. The maximum absolute atomic E-state index is 12.3. The van der Waals surface area contributed by atoms with E-state index in [1.54, 1.807) is 46.7 Å². The fourth-order valence-corrected chi connectivity index (χ4v) is 23.1. The minimum absolute atomic E-state index is 0.0880. The first kappa shape index (κ1) is 54.7. The Hall–Kier alpha value is -0.429. The van der Waals surface area contributed by atoms with Gasteiger partial charge in [-0.2, -0.15) is 21.6 Å². The molecule has 0 heterocycles. The third-order valence-corrected chi connectivity index (χ3v) is 21.1. The van der Waals surface area contributed by atoms with Crippen molar-refractivity contribution in [1.82, 2.24) is 0 Å². The highest BCUT2D eigenvalue weighted by molar-refractivity contribution is 7.88. The molecule has 10 heteroatoms. The van der Waals surface area contributed by atoms with Crippen LogP contribution >= 0.6 is 0 Å². The van der Waals surface area contributed by atoms with Crippen LogP contribution in [0.4, 0.5) is 13.2 Å². The second kappa shape index (κ2) is 22.5. The van der Waals surface area contributed by atoms with E-state index in [1.807, 2.05) is 0 Å². The Labute approximate surface area is 334 Å². The van der Waals surface area contributed by atoms with E-state index in [0.29, 0.717) is 20.2 Å². The van der Waals surface area contributed by atoms with E-state index in [9.17, 15) is 21.6 Å². The summed E-state index contributed by atoms with van der Waals surface area (Å²) in [5.41, 5.74) is -3.82. The van der Waals surface area contributed by atoms with E-state index in [-0.39, 0.29) is 9.52 Å². The van der Waals surface area contributed by atoms with E-state index in [2.05, 4.69) is 118 Å². The number of hydrogen-bond donors (Lipinski definition) is 0. The van der Waals surface area contributed by atoms with Crippen LogP contribution in [0.15, 0.2) is 24.3 Å². The Morgan fingerprint density at radius 1 is 0.547 bits per heavy atom. The number of rotatable bonds is 14. The van der Waals surface area contributed by atoms with Gasteiger partial charge in [0.15, 0.2) is 0 Å². The zero-order valence-electron chi connectivity index (χ0n) is 38.2. The first-order valence-electron chi connectivity index (χ1n) is 20.5. The molecule has 0 saturated carbocycles. The van der Waals surface area contributed by atoms with Crippen LogP contribution in [0.3, 0.4) is 0 Å². The second-order valence-corrected chi connectivity index (χ2v) is 38.2. The molecule has 0 N–H and O–H groups in total. The van der Waals surface area contributed by atoms with Gasteiger partial charge in [0.1, 0.15) is 0 Å². The SMILES string of the molecule is CC(C)(C)[SiH2]C(C)(C)C.CC(C)(C)[SiH](OS(=O)(=O)C(F)(F)F)C(C)(C)C.CCCCCCCCCCCCc1ccc([SiH](C(C)(C)C)C(C)(C)C)cc1. The second-order valence-electron chi connectivity index (χ2n) is 22.2. The summed E-state index contributed by atoms with van der Waals surface area (Å²) in [6, 6.07) is 9.75. The van der Waals surface area contributed by atoms with Crippen LogP contribution in [0.5, 0.6) is 0 Å². The molecule has 1 aromatic carbocycles. The molecular weight excluding hydrogens is 738 g/mol. The maximum atomic E-state index is 12.3. The largest absolute Gasteiger partial charge is 0.522 e. The molecule has 0 fully saturated rings. The summed E-state index contributed by atoms with van der Waals surface area (Å²) in [6.45, 7) is 41.2. The maximum Gasteiger partial charge on any atom is 0.522 e. The van der Waals surface area contributed by atoms with Crippen molar-refractivity contribution in [2.75, 3.05) is 0 Å². The number of hydrogen-bond acceptors (Lipinski definition) is 3. The van der Waals surface area contributed by atoms with Crippen molar-refractivity contribution in [2.24, 2.45) is 0 Å². The number of aryl methyl sites for hydroxylation is 1. The lowest BCUT2D eigenvalue weighted by atomic mass is 10.0. The number of alkyl halides is 3. The lowest BCUT2D eigenvalue weighted by Crippen LogP contribution is -2.45. The fraction of sp³-hybridized carbons (Fsp3) is 0.860. The van der Waals surface area contributed by atoms with Crippen LogP contribution in [0.25, 0.3) is 0 Å². The van der Waals surface area contributed by atoms with Crippen molar-refractivity contribution < 1.29 is 25.5 Å². The fourth-order valence-electron chi connectivity index (χ4n) is 8.35. The van der Waals surface area contributed by atoms with Gasteiger partial charge in [0, 0.05) is 9.52 Å². The number of benzene rings is 1. The molecular formula is C43H87F3O3SSi3. The summed E-state index contributed by atoms with van der Waals surface area (Å²) in [7, 11) is -9.10. The molecule has 0 radical (unpaired) electrons. The molecule has 0 spiro atoms. The molecule has 1 aromatic rings. The summed E-state index contributed by atoms with van der Waals surface area (Å²) in [5.74, 6) is 0. The van der Waals surface area contributed by atoms with Gasteiger partial charge < -0.3 is 3.87 Å². The molecule has 0 unspecified atom stereocenters. The van der Waals surface area contributed by atoms with E-state index in [1.165, 1.54) is 76.2 Å². The number of unbranched alkanes of at least 4 members (excludes halogenated alkanes) is 9. The highest BCUT2D eigenvalue weighted by Gasteiger charge is 2.52. The first-order chi connectivity index (χ1) is 23.5. The summed E-state index contributed by atoms with van der Waals surface area (Å²) in [5, 5.41) is 2.57. The van der Waals surface area contributed by atoms with Crippen molar-refractivity contribution in [2.45, 2.75) is 238 Å². The van der Waals surface area contributed by atoms with Gasteiger partial charge in [0.25, 0.3) is 0 Å². The Morgan fingerprint density at radius 3 is 1.15 bits per heavy atom. The minimum Gasteiger partial charge on any atom is -0.311 e. The normalized spacial score (nSPS) is 13.8. The van der Waals surface area contributed by atoms with Crippen molar-refractivity contribution in [3.63, 3.8) is 0 Å². The summed E-state index contributed by atoms with van der Waals surface area (Å²) in [4.78, 5) is 0. The molecule has 0 aliphatic rings. The van der Waals surface area contributed by atoms with Gasteiger partial charge in [0.05, 0.1) is 8.80 Å². The summed E-state index contributed by atoms with van der Waals surface area (Å²) in [6.07, 6.45) is 15.5. The topological polar surface area (TPSA) is 43.4 Å². The molecule has 0 saturated heterocycles. The van der Waals surface area contributed by atoms with Gasteiger partial charge in [-0.3, -0.25) is 0 Å². The molecule has 0 aromatic heterocycles. The summed E-state index contributed by atoms with van der Waals surface area (Å²) < 4.78 is 63.4. The average Bonchev–Trinajstić information content (AvgIpc) is 2.89. The molecule has 0 aliphatic carbocycles. The van der Waals surface area contributed by atoms with Gasteiger partial charge in [-0.1, -0.05) is 219 Å². The Kier molecular flexibility index (Phi) is 23.2. The van der Waals surface area contributed by atoms with Gasteiger partial charge in [-0.05, 0) is 48.6 Å². The Balaban J connectivity index is 0. The highest BCUT2D eigenvalue weighted by atomic mass is 32.2. The van der Waals surface area contributed by atoms with E-state index >= 15 is 0 Å². The van der Waals surface area contributed by atoms with Crippen molar-refractivity contribution in [3.8, 4) is 0 Å². The lowest BCUT2D eigenvalue weighted by Gasteiger charge is -2.39. The molecule has 316 valence electrons. The monoisotopic (exact) mass is 825 g/mol. The van der Waals surface area contributed by atoms with Crippen molar-refractivity contribution in [3.05, 3.63) is 29.8 Å². The number of halogens is 3. The van der Waals surface area contributed by atoms with Gasteiger partial charge >= 0.3 is 15.6 Å². The van der Waals surface area contributed by atoms with E-state index in [0.717, 1.165) is 0 Å². The zero-order valence-corrected chi connectivity index (χ0v) is 42.8. The van der Waals surface area contributed by atoms with Crippen LogP contribution in [-0.4, -0.2) is 41.3 Å². The summed E-state index contributed by atoms with van der Waals surface area (Å²) >= 11 is 0.